The van der Waals surface area contributed by atoms with Crippen LogP contribution in [0.25, 0.3) is 0 Å². The molecule has 0 aliphatic carbocycles. The minimum Gasteiger partial charge on any atom is -0.240 e. The number of aryl methyl sites for hydroxylation is 2. The van der Waals surface area contributed by atoms with Crippen molar-refractivity contribution in [2.75, 3.05) is 6.26 Å². The molecule has 13 heavy (non-hydrogen) atoms. The first-order valence-electron chi connectivity index (χ1n) is 3.66. The van der Waals surface area contributed by atoms with Crippen LogP contribution in [0.4, 0.5) is 0 Å². The third-order valence-electron chi connectivity index (χ3n) is 1.62. The Kier molecular flexibility index (Phi) is 2.63. The molecule has 0 bridgehead atoms. The van der Waals surface area contributed by atoms with Crippen LogP contribution in [0.1, 0.15) is 11.3 Å². The first-order valence-corrected chi connectivity index (χ1v) is 5.93. The van der Waals surface area contributed by atoms with E-state index in [1.54, 1.807) is 19.9 Å². The highest BCUT2D eigenvalue weighted by molar-refractivity contribution is 7.90. The standard InChI is InChI=1S/C8H10ClNO2S/c1-5-4-6(2)10-8(9)7(5)13(3,11)12/h4H,1-3H3. The van der Waals surface area contributed by atoms with Gasteiger partial charge >= 0.3 is 0 Å². The van der Waals surface area contributed by atoms with E-state index in [1.807, 2.05) is 0 Å². The Morgan fingerprint density at radius 1 is 1.38 bits per heavy atom. The molecule has 1 heterocycles. The first-order chi connectivity index (χ1) is 5.82. The molecule has 0 unspecified atom stereocenters. The smallest absolute Gasteiger partial charge is 0.178 e. The molecule has 0 spiro atoms. The van der Waals surface area contributed by atoms with Gasteiger partial charge in [-0.15, -0.1) is 0 Å². The molecule has 0 aliphatic heterocycles. The molecular formula is C8H10ClNO2S. The van der Waals surface area contributed by atoms with E-state index in [2.05, 4.69) is 4.98 Å². The summed E-state index contributed by atoms with van der Waals surface area (Å²) >= 11 is 5.73. The molecule has 0 aromatic carbocycles. The Morgan fingerprint density at radius 3 is 2.31 bits per heavy atom. The predicted molar refractivity (Wildman–Crippen MR) is 51.8 cm³/mol. The van der Waals surface area contributed by atoms with Crippen molar-refractivity contribution >= 4 is 21.4 Å². The van der Waals surface area contributed by atoms with Crippen LogP contribution in [-0.2, 0) is 9.84 Å². The molecule has 0 saturated carbocycles. The van der Waals surface area contributed by atoms with Gasteiger partial charge in [0.05, 0.1) is 0 Å². The quantitative estimate of drug-likeness (QED) is 0.677. The van der Waals surface area contributed by atoms with E-state index in [4.69, 9.17) is 11.6 Å². The Hall–Kier alpha value is -0.610. The van der Waals surface area contributed by atoms with Crippen LogP contribution in [0.15, 0.2) is 11.0 Å². The second-order valence-electron chi connectivity index (χ2n) is 2.97. The minimum absolute atomic E-state index is 0.0556. The molecule has 0 N–H and O–H groups in total. The van der Waals surface area contributed by atoms with Crippen LogP contribution >= 0.6 is 11.6 Å². The van der Waals surface area contributed by atoms with Gasteiger partial charge in [-0.25, -0.2) is 13.4 Å². The molecule has 0 radical (unpaired) electrons. The lowest BCUT2D eigenvalue weighted by atomic mass is 10.2. The second kappa shape index (κ2) is 3.27. The van der Waals surface area contributed by atoms with Crippen molar-refractivity contribution in [3.63, 3.8) is 0 Å². The van der Waals surface area contributed by atoms with Gasteiger partial charge in [0.15, 0.2) is 9.84 Å². The van der Waals surface area contributed by atoms with Gasteiger partial charge in [-0.3, -0.25) is 0 Å². The van der Waals surface area contributed by atoms with Gasteiger partial charge < -0.3 is 0 Å². The summed E-state index contributed by atoms with van der Waals surface area (Å²) in [5.41, 5.74) is 1.36. The number of pyridine rings is 1. The van der Waals surface area contributed by atoms with Crippen molar-refractivity contribution in [2.24, 2.45) is 0 Å². The normalized spacial score (nSPS) is 11.7. The Labute approximate surface area is 82.7 Å². The van der Waals surface area contributed by atoms with Crippen LogP contribution in [0.5, 0.6) is 0 Å². The number of aromatic nitrogens is 1. The summed E-state index contributed by atoms with van der Waals surface area (Å²) in [6.45, 7) is 3.47. The summed E-state index contributed by atoms with van der Waals surface area (Å²) in [5.74, 6) is 0. The zero-order valence-corrected chi connectivity index (χ0v) is 9.20. The molecule has 0 amide bonds. The van der Waals surface area contributed by atoms with Crippen molar-refractivity contribution in [3.05, 3.63) is 22.5 Å². The monoisotopic (exact) mass is 219 g/mol. The van der Waals surface area contributed by atoms with Gasteiger partial charge in [-0.1, -0.05) is 11.6 Å². The SMILES string of the molecule is Cc1cc(C)c(S(C)(=O)=O)c(Cl)n1. The van der Waals surface area contributed by atoms with E-state index < -0.39 is 9.84 Å². The summed E-state index contributed by atoms with van der Waals surface area (Å²) in [6, 6.07) is 1.70. The first kappa shape index (κ1) is 10.5. The van der Waals surface area contributed by atoms with Crippen molar-refractivity contribution in [2.45, 2.75) is 18.7 Å². The van der Waals surface area contributed by atoms with Crippen LogP contribution < -0.4 is 0 Å². The predicted octanol–water partition coefficient (Wildman–Crippen LogP) is 1.76. The summed E-state index contributed by atoms with van der Waals surface area (Å²) in [7, 11) is -3.28. The molecule has 72 valence electrons. The maximum atomic E-state index is 11.3. The number of halogens is 1. The second-order valence-corrected chi connectivity index (χ2v) is 5.28. The Morgan fingerprint density at radius 2 is 1.92 bits per heavy atom. The van der Waals surface area contributed by atoms with Crippen LogP contribution in [0, 0.1) is 13.8 Å². The number of hydrogen-bond donors (Lipinski definition) is 0. The Balaban J connectivity index is 3.57. The summed E-state index contributed by atoms with van der Waals surface area (Å²) in [5, 5.41) is 0.0556. The average Bonchev–Trinajstić information content (AvgIpc) is 1.78. The van der Waals surface area contributed by atoms with Gasteiger partial charge in [0.2, 0.25) is 0 Å². The van der Waals surface area contributed by atoms with Gasteiger partial charge in [-0.2, -0.15) is 0 Å². The fourth-order valence-electron chi connectivity index (χ4n) is 1.22. The highest BCUT2D eigenvalue weighted by Crippen LogP contribution is 2.23. The van der Waals surface area contributed by atoms with Crippen LogP contribution in [0.3, 0.4) is 0 Å². The average molecular weight is 220 g/mol. The van der Waals surface area contributed by atoms with Gasteiger partial charge in [-0.05, 0) is 25.5 Å². The lowest BCUT2D eigenvalue weighted by molar-refractivity contribution is 0.601. The number of nitrogens with zero attached hydrogens (tertiary/aromatic N) is 1. The maximum Gasteiger partial charge on any atom is 0.178 e. The largest absolute Gasteiger partial charge is 0.240 e. The van der Waals surface area contributed by atoms with E-state index in [9.17, 15) is 8.42 Å². The lowest BCUT2D eigenvalue weighted by Crippen LogP contribution is -2.03. The molecule has 0 fully saturated rings. The number of hydrogen-bond acceptors (Lipinski definition) is 3. The van der Waals surface area contributed by atoms with E-state index >= 15 is 0 Å². The minimum atomic E-state index is -3.28. The summed E-state index contributed by atoms with van der Waals surface area (Å²) < 4.78 is 22.5. The van der Waals surface area contributed by atoms with Crippen LogP contribution in [-0.4, -0.2) is 19.7 Å². The van der Waals surface area contributed by atoms with Crippen LogP contribution in [0.2, 0.25) is 5.15 Å². The van der Waals surface area contributed by atoms with Crippen molar-refractivity contribution in [1.82, 2.24) is 4.98 Å². The third kappa shape index (κ3) is 2.19. The van der Waals surface area contributed by atoms with E-state index in [0.29, 0.717) is 5.56 Å². The van der Waals surface area contributed by atoms with Crippen molar-refractivity contribution in [1.29, 1.82) is 0 Å². The molecule has 1 aromatic rings. The van der Waals surface area contributed by atoms with E-state index in [1.165, 1.54) is 0 Å². The van der Waals surface area contributed by atoms with Crippen molar-refractivity contribution < 1.29 is 8.42 Å². The molecule has 0 saturated heterocycles. The highest BCUT2D eigenvalue weighted by atomic mass is 35.5. The third-order valence-corrected chi connectivity index (χ3v) is 3.26. The van der Waals surface area contributed by atoms with Gasteiger partial charge in [0, 0.05) is 11.9 Å². The van der Waals surface area contributed by atoms with Gasteiger partial charge in [0.25, 0.3) is 0 Å². The molecule has 0 atom stereocenters. The summed E-state index contributed by atoms with van der Waals surface area (Å²) in [4.78, 5) is 4.01. The molecular weight excluding hydrogens is 210 g/mol. The summed E-state index contributed by atoms with van der Waals surface area (Å²) in [6.07, 6.45) is 1.12. The molecule has 1 aromatic heterocycles. The number of rotatable bonds is 1. The van der Waals surface area contributed by atoms with E-state index in [-0.39, 0.29) is 10.0 Å². The zero-order chi connectivity index (χ0) is 10.2. The maximum absolute atomic E-state index is 11.3. The molecule has 0 aliphatic rings. The van der Waals surface area contributed by atoms with E-state index in [0.717, 1.165) is 11.9 Å². The van der Waals surface area contributed by atoms with Gasteiger partial charge in [0.1, 0.15) is 10.0 Å². The topological polar surface area (TPSA) is 47.0 Å². The molecule has 1 rings (SSSR count). The lowest BCUT2D eigenvalue weighted by Gasteiger charge is -2.05. The highest BCUT2D eigenvalue weighted by Gasteiger charge is 2.16. The Bertz CT molecular complexity index is 416. The fraction of sp³-hybridized carbons (Fsp3) is 0.375. The molecule has 5 heteroatoms. The molecule has 3 nitrogen and oxygen atoms in total. The fourth-order valence-corrected chi connectivity index (χ4v) is 2.92. The van der Waals surface area contributed by atoms with Crippen molar-refractivity contribution in [3.8, 4) is 0 Å². The zero-order valence-electron chi connectivity index (χ0n) is 7.63. The number of sulfone groups is 1.